The van der Waals surface area contributed by atoms with Crippen molar-refractivity contribution < 1.29 is 22.7 Å². The Kier molecular flexibility index (Phi) is 6.61. The van der Waals surface area contributed by atoms with Gasteiger partial charge in [0.2, 0.25) is 0 Å². The molecule has 0 fully saturated rings. The highest BCUT2D eigenvalue weighted by Gasteiger charge is 2.32. The van der Waals surface area contributed by atoms with Crippen molar-refractivity contribution in [2.45, 2.75) is 18.9 Å². The summed E-state index contributed by atoms with van der Waals surface area (Å²) in [7, 11) is -3.60. The molecule has 1 atom stereocenters. The highest BCUT2D eigenvalue weighted by atomic mass is 32.2. The predicted octanol–water partition coefficient (Wildman–Crippen LogP) is 2.27. The Morgan fingerprint density at radius 3 is 2.16 bits per heavy atom. The van der Waals surface area contributed by atoms with Crippen LogP contribution in [0.25, 0.3) is 11.1 Å². The number of hydrogen-bond acceptors (Lipinski definition) is 6. The molecule has 8 nitrogen and oxygen atoms in total. The van der Waals surface area contributed by atoms with Gasteiger partial charge in [-0.3, -0.25) is 4.79 Å². The maximum atomic E-state index is 12.5. The van der Waals surface area contributed by atoms with Crippen molar-refractivity contribution in [3.05, 3.63) is 59.7 Å². The van der Waals surface area contributed by atoms with E-state index in [-0.39, 0.29) is 19.1 Å². The van der Waals surface area contributed by atoms with Gasteiger partial charge in [-0.2, -0.15) is 5.26 Å². The number of amides is 2. The Hall–Kier alpha value is -3.38. The third-order valence-corrected chi connectivity index (χ3v) is 6.05. The number of nitriles is 1. The lowest BCUT2D eigenvalue weighted by Crippen LogP contribution is -2.50. The van der Waals surface area contributed by atoms with Crippen molar-refractivity contribution in [1.29, 1.82) is 5.26 Å². The molecule has 1 N–H and O–H groups in total. The molecule has 162 valence electrons. The fourth-order valence-electron chi connectivity index (χ4n) is 3.72. The minimum atomic E-state index is -3.60. The summed E-state index contributed by atoms with van der Waals surface area (Å²) in [4.78, 5) is 25.7. The van der Waals surface area contributed by atoms with E-state index in [2.05, 4.69) is 5.32 Å². The molecule has 0 aromatic heterocycles. The zero-order valence-electron chi connectivity index (χ0n) is 17.2. The number of carbonyl (C=O) groups excluding carboxylic acids is 2. The zero-order valence-corrected chi connectivity index (χ0v) is 18.1. The SMILES string of the molecule is CCN(C#N)C(=O)C(CS(C)(=O)=O)NC(=O)OCC1c2ccccc2-c2ccccc21. The van der Waals surface area contributed by atoms with Crippen LogP contribution in [0.4, 0.5) is 4.79 Å². The first-order chi connectivity index (χ1) is 14.7. The summed E-state index contributed by atoms with van der Waals surface area (Å²) in [5, 5.41) is 11.4. The van der Waals surface area contributed by atoms with Crippen LogP contribution in [0, 0.1) is 11.5 Å². The van der Waals surface area contributed by atoms with Crippen molar-refractivity contribution in [3.63, 3.8) is 0 Å². The molecular formula is C22H23N3O5S. The van der Waals surface area contributed by atoms with Crippen molar-refractivity contribution in [3.8, 4) is 17.3 Å². The third-order valence-electron chi connectivity index (χ3n) is 5.11. The number of likely N-dealkylation sites (N-methyl/N-ethyl adjacent to an activating group) is 1. The van der Waals surface area contributed by atoms with Gasteiger partial charge in [-0.1, -0.05) is 48.5 Å². The molecule has 0 spiro atoms. The van der Waals surface area contributed by atoms with E-state index in [9.17, 15) is 18.0 Å². The van der Waals surface area contributed by atoms with Gasteiger partial charge < -0.3 is 10.1 Å². The van der Waals surface area contributed by atoms with Gasteiger partial charge in [0.1, 0.15) is 22.5 Å². The Morgan fingerprint density at radius 1 is 1.13 bits per heavy atom. The second-order valence-electron chi connectivity index (χ2n) is 7.30. The Morgan fingerprint density at radius 2 is 1.68 bits per heavy atom. The van der Waals surface area contributed by atoms with E-state index in [1.165, 1.54) is 0 Å². The zero-order chi connectivity index (χ0) is 22.6. The summed E-state index contributed by atoms with van der Waals surface area (Å²) in [6.07, 6.45) is 1.72. The second-order valence-corrected chi connectivity index (χ2v) is 9.48. The van der Waals surface area contributed by atoms with Crippen molar-refractivity contribution in [2.75, 3.05) is 25.2 Å². The largest absolute Gasteiger partial charge is 0.449 e. The maximum Gasteiger partial charge on any atom is 0.407 e. The second kappa shape index (κ2) is 9.18. The van der Waals surface area contributed by atoms with Gasteiger partial charge in [-0.15, -0.1) is 0 Å². The van der Waals surface area contributed by atoms with Crippen molar-refractivity contribution >= 4 is 21.8 Å². The van der Waals surface area contributed by atoms with E-state index < -0.39 is 33.6 Å². The molecule has 1 unspecified atom stereocenters. The monoisotopic (exact) mass is 441 g/mol. The molecule has 2 amide bonds. The number of ether oxygens (including phenoxy) is 1. The number of fused-ring (bicyclic) bond motifs is 3. The summed E-state index contributed by atoms with van der Waals surface area (Å²) in [6, 6.07) is 14.3. The van der Waals surface area contributed by atoms with Gasteiger partial charge in [0.25, 0.3) is 5.91 Å². The number of benzene rings is 2. The molecule has 9 heteroatoms. The van der Waals surface area contributed by atoms with E-state index >= 15 is 0 Å². The summed E-state index contributed by atoms with van der Waals surface area (Å²) in [6.45, 7) is 1.66. The normalized spacial score (nSPS) is 13.5. The standard InChI is InChI=1S/C22H23N3O5S/c1-3-25(14-23)21(26)20(13-31(2,28)29)24-22(27)30-12-19-17-10-6-4-8-15(17)16-9-5-7-11-18(16)19/h4-11,19-20H,3,12-13H2,1-2H3,(H,24,27). The molecule has 0 saturated heterocycles. The van der Waals surface area contributed by atoms with Crippen LogP contribution in [0.3, 0.4) is 0 Å². The number of alkyl carbamates (subject to hydrolysis) is 1. The Balaban J connectivity index is 1.73. The number of rotatable bonds is 7. The molecule has 1 aliphatic carbocycles. The van der Waals surface area contributed by atoms with Gasteiger partial charge >= 0.3 is 6.09 Å². The fourth-order valence-corrected chi connectivity index (χ4v) is 4.56. The maximum absolute atomic E-state index is 12.5. The van der Waals surface area contributed by atoms with Crippen molar-refractivity contribution in [1.82, 2.24) is 10.2 Å². The highest BCUT2D eigenvalue weighted by Crippen LogP contribution is 2.44. The quantitative estimate of drug-likeness (QED) is 0.520. The Labute approximate surface area is 181 Å². The predicted molar refractivity (Wildman–Crippen MR) is 115 cm³/mol. The van der Waals surface area contributed by atoms with Gasteiger partial charge in [0, 0.05) is 18.7 Å². The lowest BCUT2D eigenvalue weighted by atomic mass is 9.98. The van der Waals surface area contributed by atoms with Crippen LogP contribution in [0.5, 0.6) is 0 Å². The van der Waals surface area contributed by atoms with Crippen LogP contribution in [0.2, 0.25) is 0 Å². The third kappa shape index (κ3) is 5.03. The topological polar surface area (TPSA) is 117 Å². The first-order valence-corrected chi connectivity index (χ1v) is 11.8. The minimum Gasteiger partial charge on any atom is -0.449 e. The van der Waals surface area contributed by atoms with Gasteiger partial charge in [0.05, 0.1) is 5.75 Å². The molecule has 3 rings (SSSR count). The molecule has 0 bridgehead atoms. The van der Waals surface area contributed by atoms with E-state index in [0.29, 0.717) is 0 Å². The molecule has 1 aliphatic rings. The molecular weight excluding hydrogens is 418 g/mol. The van der Waals surface area contributed by atoms with Crippen LogP contribution in [0.1, 0.15) is 24.0 Å². The van der Waals surface area contributed by atoms with E-state index in [1.807, 2.05) is 48.5 Å². The van der Waals surface area contributed by atoms with E-state index in [1.54, 1.807) is 13.1 Å². The number of carbonyl (C=O) groups is 2. The number of nitrogens with zero attached hydrogens (tertiary/aromatic N) is 2. The van der Waals surface area contributed by atoms with Gasteiger partial charge in [-0.25, -0.2) is 18.1 Å². The summed E-state index contributed by atoms with van der Waals surface area (Å²) in [5.74, 6) is -1.61. The number of nitrogens with one attached hydrogen (secondary N) is 1. The summed E-state index contributed by atoms with van der Waals surface area (Å²) >= 11 is 0. The lowest BCUT2D eigenvalue weighted by Gasteiger charge is -2.21. The van der Waals surface area contributed by atoms with Crippen LogP contribution >= 0.6 is 0 Å². The number of sulfone groups is 1. The van der Waals surface area contributed by atoms with Crippen molar-refractivity contribution in [2.24, 2.45) is 0 Å². The van der Waals surface area contributed by atoms with Crippen LogP contribution in [-0.4, -0.2) is 56.5 Å². The average Bonchev–Trinajstić information content (AvgIpc) is 3.05. The molecule has 2 aromatic rings. The summed E-state index contributed by atoms with van der Waals surface area (Å²) in [5.41, 5.74) is 4.21. The van der Waals surface area contributed by atoms with Crippen LogP contribution < -0.4 is 5.32 Å². The Bertz CT molecular complexity index is 1090. The summed E-state index contributed by atoms with van der Waals surface area (Å²) < 4.78 is 28.8. The lowest BCUT2D eigenvalue weighted by molar-refractivity contribution is -0.129. The van der Waals surface area contributed by atoms with Gasteiger partial charge in [0.15, 0.2) is 6.19 Å². The fraction of sp³-hybridized carbons (Fsp3) is 0.318. The molecule has 0 radical (unpaired) electrons. The van der Waals surface area contributed by atoms with Crippen LogP contribution in [-0.2, 0) is 19.4 Å². The van der Waals surface area contributed by atoms with Gasteiger partial charge in [-0.05, 0) is 29.2 Å². The first kappa shape index (κ1) is 22.3. The molecule has 31 heavy (non-hydrogen) atoms. The molecule has 0 heterocycles. The van der Waals surface area contributed by atoms with E-state index in [0.717, 1.165) is 33.4 Å². The minimum absolute atomic E-state index is 0.0232. The number of hydrogen-bond donors (Lipinski definition) is 1. The average molecular weight is 442 g/mol. The smallest absolute Gasteiger partial charge is 0.407 e. The molecule has 0 saturated carbocycles. The van der Waals surface area contributed by atoms with Crippen LogP contribution in [0.15, 0.2) is 48.5 Å². The molecule has 0 aliphatic heterocycles. The first-order valence-electron chi connectivity index (χ1n) is 9.75. The molecule has 2 aromatic carbocycles. The highest BCUT2D eigenvalue weighted by molar-refractivity contribution is 7.90. The van der Waals surface area contributed by atoms with E-state index in [4.69, 9.17) is 10.00 Å².